The van der Waals surface area contributed by atoms with Crippen molar-refractivity contribution in [3.05, 3.63) is 172 Å². The predicted molar refractivity (Wildman–Crippen MR) is 272 cm³/mol. The highest BCUT2D eigenvalue weighted by Gasteiger charge is 2.39. The minimum absolute atomic E-state index is 0.0669. The van der Waals surface area contributed by atoms with Gasteiger partial charge in [-0.05, 0) is 121 Å². The molecule has 8 aromatic rings. The van der Waals surface area contributed by atoms with Crippen LogP contribution in [0.5, 0.6) is 0 Å². The summed E-state index contributed by atoms with van der Waals surface area (Å²) in [6, 6.07) is 51.5. The quantitative estimate of drug-likeness (QED) is 0.172. The first-order valence-electron chi connectivity index (χ1n) is 24.0. The molecule has 0 atom stereocenters. The Labute approximate surface area is 381 Å². The maximum absolute atomic E-state index is 7.23. The van der Waals surface area contributed by atoms with E-state index >= 15 is 0 Å². The number of rotatable bonds is 5. The van der Waals surface area contributed by atoms with Crippen molar-refractivity contribution in [3.8, 4) is 33.4 Å². The number of nitrogens with zero attached hydrogens (tertiary/aromatic N) is 1. The molecule has 1 aromatic heterocycles. The van der Waals surface area contributed by atoms with Crippen molar-refractivity contribution in [2.24, 2.45) is 0 Å². The van der Waals surface area contributed by atoms with Crippen LogP contribution in [0.3, 0.4) is 0 Å². The average molecular weight is 838 g/mol. The maximum atomic E-state index is 7.23. The van der Waals surface area contributed by atoms with Crippen molar-refractivity contribution in [1.82, 2.24) is 0 Å². The number of furan rings is 1. The van der Waals surface area contributed by atoms with E-state index in [4.69, 9.17) is 4.42 Å². The van der Waals surface area contributed by atoms with Gasteiger partial charge in [0.2, 0.25) is 0 Å². The molecule has 0 bridgehead atoms. The van der Waals surface area contributed by atoms with Crippen molar-refractivity contribution >= 4 is 39.0 Å². The van der Waals surface area contributed by atoms with Crippen LogP contribution in [-0.2, 0) is 21.7 Å². The lowest BCUT2D eigenvalue weighted by atomic mass is 9.79. The summed E-state index contributed by atoms with van der Waals surface area (Å²) in [5.74, 6) is 0.545. The fourth-order valence-corrected chi connectivity index (χ4v) is 11.8. The van der Waals surface area contributed by atoms with Crippen molar-refractivity contribution in [2.75, 3.05) is 4.90 Å². The van der Waals surface area contributed by atoms with E-state index in [9.17, 15) is 0 Å². The molecule has 0 spiro atoms. The van der Waals surface area contributed by atoms with E-state index in [-0.39, 0.29) is 21.7 Å². The van der Waals surface area contributed by atoms with E-state index in [0.717, 1.165) is 39.4 Å². The number of para-hydroxylation sites is 2. The first-order valence-corrected chi connectivity index (χ1v) is 24.0. The van der Waals surface area contributed by atoms with Crippen LogP contribution in [0.25, 0.3) is 55.3 Å². The fourth-order valence-electron chi connectivity index (χ4n) is 11.8. The zero-order valence-corrected chi connectivity index (χ0v) is 39.7. The van der Waals surface area contributed by atoms with Crippen LogP contribution in [0.4, 0.5) is 17.1 Å². The highest BCUT2D eigenvalue weighted by molar-refractivity contribution is 6.11. The summed E-state index contributed by atoms with van der Waals surface area (Å²) in [4.78, 5) is 2.57. The summed E-state index contributed by atoms with van der Waals surface area (Å²) in [5, 5.41) is 2.41. The van der Waals surface area contributed by atoms with Gasteiger partial charge in [-0.2, -0.15) is 0 Å². The van der Waals surface area contributed by atoms with Gasteiger partial charge in [0.25, 0.3) is 0 Å². The SMILES string of the molecule is CC(C)(C)c1ccc(-c2cccc3c2oc2c(C4CCCCC4)cccc23)c(N(c2ccc3c(c2)C(C)(C)c2ccccc2-3)c2ccc3c(c2)C(C)(C)c2cc(C(C)(C)C)ccc2-3)c1. The summed E-state index contributed by atoms with van der Waals surface area (Å²) < 4.78 is 7.23. The zero-order valence-electron chi connectivity index (χ0n) is 39.7. The minimum Gasteiger partial charge on any atom is -0.455 e. The second-order valence-electron chi connectivity index (χ2n) is 22.4. The number of hydrogen-bond acceptors (Lipinski definition) is 2. The van der Waals surface area contributed by atoms with Gasteiger partial charge < -0.3 is 9.32 Å². The predicted octanol–water partition coefficient (Wildman–Crippen LogP) is 18.0. The average Bonchev–Trinajstić information content (AvgIpc) is 3.86. The first-order chi connectivity index (χ1) is 30.5. The molecular weight excluding hydrogens is 775 g/mol. The van der Waals surface area contributed by atoms with E-state index in [1.165, 1.54) is 104 Å². The highest BCUT2D eigenvalue weighted by atomic mass is 16.3. The molecule has 0 amide bonds. The third-order valence-electron chi connectivity index (χ3n) is 15.6. The van der Waals surface area contributed by atoms with Crippen LogP contribution in [0.2, 0.25) is 0 Å². The van der Waals surface area contributed by atoms with Gasteiger partial charge in [-0.3, -0.25) is 0 Å². The molecule has 7 aromatic carbocycles. The molecule has 322 valence electrons. The van der Waals surface area contributed by atoms with E-state index in [0.29, 0.717) is 5.92 Å². The maximum Gasteiger partial charge on any atom is 0.143 e. The molecule has 0 saturated heterocycles. The first kappa shape index (κ1) is 40.9. The van der Waals surface area contributed by atoms with Gasteiger partial charge in [0.1, 0.15) is 11.2 Å². The van der Waals surface area contributed by atoms with Gasteiger partial charge in [-0.25, -0.2) is 0 Å². The Morgan fingerprint density at radius 2 is 0.953 bits per heavy atom. The third-order valence-corrected chi connectivity index (χ3v) is 15.6. The molecular formula is C62H63NO. The molecule has 0 N–H and O–H groups in total. The lowest BCUT2D eigenvalue weighted by molar-refractivity contribution is 0.442. The van der Waals surface area contributed by atoms with Crippen LogP contribution < -0.4 is 4.90 Å². The Balaban J connectivity index is 1.16. The zero-order chi connectivity index (χ0) is 44.5. The molecule has 0 unspecified atom stereocenters. The second-order valence-corrected chi connectivity index (χ2v) is 22.4. The molecule has 2 nitrogen and oxygen atoms in total. The fraction of sp³-hybridized carbons (Fsp3) is 0.323. The van der Waals surface area contributed by atoms with Gasteiger partial charge in [0.05, 0.1) is 5.69 Å². The molecule has 1 fully saturated rings. The molecule has 11 rings (SSSR count). The second kappa shape index (κ2) is 14.3. The number of fused-ring (bicyclic) bond motifs is 9. The Bertz CT molecular complexity index is 3170. The van der Waals surface area contributed by atoms with Crippen molar-refractivity contribution in [2.45, 2.75) is 129 Å². The smallest absolute Gasteiger partial charge is 0.143 e. The lowest BCUT2D eigenvalue weighted by Gasteiger charge is -2.32. The van der Waals surface area contributed by atoms with Crippen LogP contribution in [0.15, 0.2) is 138 Å². The number of anilines is 3. The van der Waals surface area contributed by atoms with Gasteiger partial charge in [0, 0.05) is 44.1 Å². The number of hydrogen-bond donors (Lipinski definition) is 0. The Morgan fingerprint density at radius 3 is 1.59 bits per heavy atom. The highest BCUT2D eigenvalue weighted by Crippen LogP contribution is 2.55. The molecule has 1 heterocycles. The monoisotopic (exact) mass is 837 g/mol. The Morgan fingerprint density at radius 1 is 0.453 bits per heavy atom. The summed E-state index contributed by atoms with van der Waals surface area (Å²) in [7, 11) is 0. The van der Waals surface area contributed by atoms with Crippen LogP contribution in [0.1, 0.15) is 146 Å². The summed E-state index contributed by atoms with van der Waals surface area (Å²) in [6.45, 7) is 23.6. The molecule has 1 saturated carbocycles. The molecule has 2 heteroatoms. The topological polar surface area (TPSA) is 16.4 Å². The van der Waals surface area contributed by atoms with Crippen molar-refractivity contribution in [3.63, 3.8) is 0 Å². The lowest BCUT2D eigenvalue weighted by Crippen LogP contribution is -2.19. The van der Waals surface area contributed by atoms with Crippen LogP contribution >= 0.6 is 0 Å². The molecule has 64 heavy (non-hydrogen) atoms. The third kappa shape index (κ3) is 6.26. The van der Waals surface area contributed by atoms with Gasteiger partial charge in [0.15, 0.2) is 0 Å². The van der Waals surface area contributed by atoms with Crippen molar-refractivity contribution in [1.29, 1.82) is 0 Å². The molecule has 3 aliphatic carbocycles. The Kier molecular flexibility index (Phi) is 9.15. The van der Waals surface area contributed by atoms with Crippen LogP contribution in [-0.4, -0.2) is 0 Å². The van der Waals surface area contributed by atoms with Gasteiger partial charge >= 0.3 is 0 Å². The van der Waals surface area contributed by atoms with E-state index in [1.54, 1.807) is 0 Å². The van der Waals surface area contributed by atoms with E-state index in [1.807, 2.05) is 0 Å². The largest absolute Gasteiger partial charge is 0.455 e. The van der Waals surface area contributed by atoms with E-state index < -0.39 is 0 Å². The molecule has 0 aliphatic heterocycles. The minimum atomic E-state index is -0.179. The number of benzene rings is 7. The standard InChI is InChI=1S/C62H63NO/c1-59(2,3)39-26-30-45-47-33-29-42(37-55(47)62(9,10)53(45)34-39)63(41-28-32-46-44-20-14-15-25-52(44)61(7,8)54(46)36-41)56-35-40(60(4,5)6)27-31-48(56)49-22-17-24-51-50-23-16-21-43(57(50)64-58(49)51)38-18-12-11-13-19-38/h14-17,20-38H,11-13,18-19H2,1-10H3. The molecule has 0 radical (unpaired) electrons. The molecule has 3 aliphatic rings. The van der Waals surface area contributed by atoms with Gasteiger partial charge in [-0.15, -0.1) is 0 Å². The summed E-state index contributed by atoms with van der Waals surface area (Å²) in [6.07, 6.45) is 6.39. The van der Waals surface area contributed by atoms with Gasteiger partial charge in [-0.1, -0.05) is 192 Å². The van der Waals surface area contributed by atoms with E-state index in [2.05, 4.69) is 208 Å². The summed E-state index contributed by atoms with van der Waals surface area (Å²) >= 11 is 0. The van der Waals surface area contributed by atoms with Crippen molar-refractivity contribution < 1.29 is 4.42 Å². The Hall–Kier alpha value is -5.86. The summed E-state index contributed by atoms with van der Waals surface area (Å²) in [5.41, 5.74) is 22.4. The van der Waals surface area contributed by atoms with Crippen LogP contribution in [0, 0.1) is 0 Å². The normalized spacial score (nSPS) is 16.5.